The summed E-state index contributed by atoms with van der Waals surface area (Å²) in [5, 5.41) is 9.34. The largest absolute Gasteiger partial charge is 0.496 e. The lowest BCUT2D eigenvalue weighted by Gasteiger charge is -2.08. The molecular weight excluding hydrogens is 360 g/mol. The first-order valence-corrected chi connectivity index (χ1v) is 7.81. The Hall–Kier alpha value is -3.56. The van der Waals surface area contributed by atoms with Gasteiger partial charge in [-0.25, -0.2) is 9.97 Å². The highest BCUT2D eigenvalue weighted by atomic mass is 19.3. The smallest absolute Gasteiger partial charge is 0.388 e. The Morgan fingerprint density at radius 3 is 2.85 bits per heavy atom. The Balaban J connectivity index is 1.70. The zero-order valence-electron chi connectivity index (χ0n) is 14.1. The van der Waals surface area contributed by atoms with E-state index in [-0.39, 0.29) is 12.1 Å². The highest BCUT2D eigenvalue weighted by Crippen LogP contribution is 2.26. The molecule has 0 aliphatic carbocycles. The van der Waals surface area contributed by atoms with Crippen LogP contribution in [0.25, 0.3) is 11.4 Å². The summed E-state index contributed by atoms with van der Waals surface area (Å²) in [5.74, 6) is 0.315. The molecule has 3 rings (SSSR count). The zero-order chi connectivity index (χ0) is 19.2. The molecule has 0 unspecified atom stereocenters. The number of carbonyl (C=O) groups excluding carboxylic acids is 1. The number of carbonyl (C=O) groups is 1. The number of pyridine rings is 1. The van der Waals surface area contributed by atoms with Gasteiger partial charge >= 0.3 is 6.61 Å². The molecule has 27 heavy (non-hydrogen) atoms. The summed E-state index contributed by atoms with van der Waals surface area (Å²) in [6, 6.07) is 10.0. The number of nitrogens with zero attached hydrogens (tertiary/aromatic N) is 3. The van der Waals surface area contributed by atoms with E-state index in [1.807, 2.05) is 18.2 Å². The van der Waals surface area contributed by atoms with Crippen LogP contribution in [0.15, 0.2) is 42.6 Å². The van der Waals surface area contributed by atoms with Crippen LogP contribution in [0.1, 0.15) is 16.2 Å². The first kappa shape index (κ1) is 18.2. The van der Waals surface area contributed by atoms with Crippen molar-refractivity contribution in [1.29, 1.82) is 0 Å². The Morgan fingerprint density at radius 2 is 2.07 bits per heavy atom. The van der Waals surface area contributed by atoms with Crippen molar-refractivity contribution >= 4 is 5.91 Å². The highest BCUT2D eigenvalue weighted by molar-refractivity contribution is 5.96. The third-order valence-electron chi connectivity index (χ3n) is 3.52. The van der Waals surface area contributed by atoms with E-state index < -0.39 is 18.4 Å². The van der Waals surface area contributed by atoms with E-state index in [4.69, 9.17) is 4.74 Å². The molecule has 140 valence electrons. The monoisotopic (exact) mass is 375 g/mol. The van der Waals surface area contributed by atoms with E-state index in [0.29, 0.717) is 23.0 Å². The number of alkyl halides is 2. The van der Waals surface area contributed by atoms with Crippen molar-refractivity contribution in [3.8, 4) is 23.0 Å². The lowest BCUT2D eigenvalue weighted by Crippen LogP contribution is -2.24. The number of rotatable bonds is 7. The number of aromatic amines is 1. The van der Waals surface area contributed by atoms with Crippen LogP contribution in [0.2, 0.25) is 0 Å². The quantitative estimate of drug-likeness (QED) is 0.658. The van der Waals surface area contributed by atoms with Gasteiger partial charge in [0.1, 0.15) is 11.3 Å². The average Bonchev–Trinajstić information content (AvgIpc) is 3.15. The second kappa shape index (κ2) is 8.21. The summed E-state index contributed by atoms with van der Waals surface area (Å²) in [5.41, 5.74) is 0.600. The van der Waals surface area contributed by atoms with Gasteiger partial charge in [0.15, 0.2) is 11.6 Å². The normalized spacial score (nSPS) is 10.7. The molecule has 1 amide bonds. The topological polar surface area (TPSA) is 102 Å². The molecule has 0 atom stereocenters. The molecule has 2 aromatic heterocycles. The van der Waals surface area contributed by atoms with Crippen LogP contribution < -0.4 is 14.8 Å². The van der Waals surface area contributed by atoms with Gasteiger partial charge in [-0.1, -0.05) is 12.1 Å². The van der Waals surface area contributed by atoms with Gasteiger partial charge in [0.25, 0.3) is 5.91 Å². The van der Waals surface area contributed by atoms with Gasteiger partial charge in [-0.3, -0.25) is 9.89 Å². The first-order valence-electron chi connectivity index (χ1n) is 7.81. The van der Waals surface area contributed by atoms with Crippen LogP contribution in [0.3, 0.4) is 0 Å². The fourth-order valence-corrected chi connectivity index (χ4v) is 2.33. The van der Waals surface area contributed by atoms with Crippen LogP contribution in [0.4, 0.5) is 8.78 Å². The van der Waals surface area contributed by atoms with E-state index in [9.17, 15) is 13.6 Å². The van der Waals surface area contributed by atoms with Crippen molar-refractivity contribution in [2.24, 2.45) is 0 Å². The summed E-state index contributed by atoms with van der Waals surface area (Å²) in [6.07, 6.45) is 1.25. The third-order valence-corrected chi connectivity index (χ3v) is 3.52. The van der Waals surface area contributed by atoms with Crippen LogP contribution in [0, 0.1) is 0 Å². The number of para-hydroxylation sites is 1. The minimum Gasteiger partial charge on any atom is -0.496 e. The molecule has 1 aromatic carbocycles. The van der Waals surface area contributed by atoms with E-state index in [1.54, 1.807) is 13.2 Å². The minimum absolute atomic E-state index is 0.0203. The van der Waals surface area contributed by atoms with Crippen LogP contribution in [-0.2, 0) is 6.54 Å². The Kier molecular flexibility index (Phi) is 5.55. The van der Waals surface area contributed by atoms with Gasteiger partial charge in [0, 0.05) is 6.20 Å². The van der Waals surface area contributed by atoms with E-state index >= 15 is 0 Å². The standard InChI is InChI=1S/C17H15F2N5O3/c1-26-12-7-3-2-5-10(12)14-22-13(23-24-14)9-21-15(25)11-6-4-8-20-16(11)27-17(18)19/h2-8,17H,9H2,1H3,(H,21,25)(H,22,23,24). The number of amides is 1. The van der Waals surface area contributed by atoms with Crippen molar-refractivity contribution in [3.63, 3.8) is 0 Å². The maximum absolute atomic E-state index is 12.4. The first-order chi connectivity index (χ1) is 13.1. The molecule has 0 fully saturated rings. The Morgan fingerprint density at radius 1 is 1.26 bits per heavy atom. The molecule has 3 aromatic rings. The second-order valence-electron chi connectivity index (χ2n) is 5.22. The van der Waals surface area contributed by atoms with Crippen molar-refractivity contribution < 1.29 is 23.0 Å². The number of hydrogen-bond donors (Lipinski definition) is 2. The third kappa shape index (κ3) is 4.35. The molecular formula is C17H15F2N5O3. The summed E-state index contributed by atoms with van der Waals surface area (Å²) >= 11 is 0. The maximum atomic E-state index is 12.4. The van der Waals surface area contributed by atoms with Gasteiger partial charge in [0.05, 0.1) is 19.2 Å². The molecule has 0 saturated carbocycles. The van der Waals surface area contributed by atoms with Crippen molar-refractivity contribution in [3.05, 3.63) is 54.0 Å². The summed E-state index contributed by atoms with van der Waals surface area (Å²) in [7, 11) is 1.54. The molecule has 2 heterocycles. The van der Waals surface area contributed by atoms with Crippen LogP contribution in [0.5, 0.6) is 11.6 Å². The number of aromatic nitrogens is 4. The van der Waals surface area contributed by atoms with Gasteiger partial charge in [-0.05, 0) is 24.3 Å². The van der Waals surface area contributed by atoms with E-state index in [0.717, 1.165) is 0 Å². The fraction of sp³-hybridized carbons (Fsp3) is 0.176. The fourth-order valence-electron chi connectivity index (χ4n) is 2.33. The van der Waals surface area contributed by atoms with Crippen LogP contribution in [-0.4, -0.2) is 39.8 Å². The maximum Gasteiger partial charge on any atom is 0.388 e. The van der Waals surface area contributed by atoms with Gasteiger partial charge < -0.3 is 14.8 Å². The predicted octanol–water partition coefficient (Wildman–Crippen LogP) is 2.41. The van der Waals surface area contributed by atoms with Crippen molar-refractivity contribution in [1.82, 2.24) is 25.5 Å². The van der Waals surface area contributed by atoms with Crippen LogP contribution >= 0.6 is 0 Å². The van der Waals surface area contributed by atoms with E-state index in [2.05, 4.69) is 30.2 Å². The average molecular weight is 375 g/mol. The lowest BCUT2D eigenvalue weighted by molar-refractivity contribution is -0.0532. The van der Waals surface area contributed by atoms with Crippen molar-refractivity contribution in [2.75, 3.05) is 7.11 Å². The highest BCUT2D eigenvalue weighted by Gasteiger charge is 2.17. The summed E-state index contributed by atoms with van der Waals surface area (Å²) in [4.78, 5) is 20.2. The number of nitrogens with one attached hydrogen (secondary N) is 2. The number of methoxy groups -OCH3 is 1. The molecule has 0 spiro atoms. The predicted molar refractivity (Wildman–Crippen MR) is 90.4 cm³/mol. The molecule has 0 aliphatic heterocycles. The van der Waals surface area contributed by atoms with Gasteiger partial charge in [-0.2, -0.15) is 13.9 Å². The van der Waals surface area contributed by atoms with Crippen molar-refractivity contribution in [2.45, 2.75) is 13.2 Å². The van der Waals surface area contributed by atoms with Gasteiger partial charge in [0.2, 0.25) is 5.88 Å². The zero-order valence-corrected chi connectivity index (χ0v) is 14.1. The second-order valence-corrected chi connectivity index (χ2v) is 5.22. The molecule has 0 aliphatic rings. The molecule has 2 N–H and O–H groups in total. The lowest BCUT2D eigenvalue weighted by atomic mass is 10.2. The number of H-pyrrole nitrogens is 1. The minimum atomic E-state index is -3.08. The number of ether oxygens (including phenoxy) is 2. The number of halogens is 2. The molecule has 0 bridgehead atoms. The molecule has 10 heteroatoms. The Bertz CT molecular complexity index is 932. The van der Waals surface area contributed by atoms with Gasteiger partial charge in [-0.15, -0.1) is 0 Å². The Labute approximate surface area is 152 Å². The number of hydrogen-bond acceptors (Lipinski definition) is 6. The molecule has 0 radical (unpaired) electrons. The molecule has 8 nitrogen and oxygen atoms in total. The molecule has 0 saturated heterocycles. The summed E-state index contributed by atoms with van der Waals surface area (Å²) < 4.78 is 34.3. The van der Waals surface area contributed by atoms with E-state index in [1.165, 1.54) is 18.3 Å². The summed E-state index contributed by atoms with van der Waals surface area (Å²) in [6.45, 7) is -3.10. The SMILES string of the molecule is COc1ccccc1-c1nc(CNC(=O)c2cccnc2OC(F)F)n[nH]1. The number of benzene rings is 1.